The van der Waals surface area contributed by atoms with Crippen molar-refractivity contribution in [3.8, 4) is 0 Å². The van der Waals surface area contributed by atoms with Gasteiger partial charge in [-0.25, -0.2) is 0 Å². The number of carbonyl (C=O) groups excluding carboxylic acids is 2. The van der Waals surface area contributed by atoms with E-state index in [0.717, 1.165) is 24.0 Å². The standard InChI is InChI=1S/C21H24O3.H2OP/c1-4-5-14-24-21(23)19(17-12-7-6-8-13-17)20(22)18-15(2)10-9-11-16(18)3;1-2/h6-13,19H,4-5,14H2,1-3H3;2H2/q;+1. The number of ketones is 1. The summed E-state index contributed by atoms with van der Waals surface area (Å²) in [5.41, 5.74) is 3.04. The highest BCUT2D eigenvalue weighted by atomic mass is 31.0. The predicted molar refractivity (Wildman–Crippen MR) is 106 cm³/mol. The van der Waals surface area contributed by atoms with Crippen LogP contribution in [0.3, 0.4) is 0 Å². The predicted octanol–water partition coefficient (Wildman–Crippen LogP) is 4.82. The van der Waals surface area contributed by atoms with Gasteiger partial charge in [0.05, 0.1) is 6.61 Å². The highest BCUT2D eigenvalue weighted by molar-refractivity contribution is 7.00. The summed E-state index contributed by atoms with van der Waals surface area (Å²) in [6.45, 7) is 6.17. The lowest BCUT2D eigenvalue weighted by molar-refractivity contribution is -0.144. The second-order valence-corrected chi connectivity index (χ2v) is 6.00. The van der Waals surface area contributed by atoms with Crippen molar-refractivity contribution in [2.24, 2.45) is 0 Å². The lowest BCUT2D eigenvalue weighted by atomic mass is 9.87. The van der Waals surface area contributed by atoms with E-state index in [1.54, 1.807) is 12.1 Å². The van der Waals surface area contributed by atoms with Crippen molar-refractivity contribution >= 4 is 20.9 Å². The van der Waals surface area contributed by atoms with Gasteiger partial charge in [-0.15, -0.1) is 0 Å². The maximum atomic E-state index is 13.2. The normalized spacial score (nSPS) is 11.0. The molecule has 2 atom stereocenters. The van der Waals surface area contributed by atoms with Crippen LogP contribution in [0.2, 0.25) is 0 Å². The Morgan fingerprint density at radius 1 is 0.962 bits per heavy atom. The van der Waals surface area contributed by atoms with E-state index in [9.17, 15) is 9.59 Å². The third-order valence-electron chi connectivity index (χ3n) is 4.10. The third-order valence-corrected chi connectivity index (χ3v) is 4.10. The summed E-state index contributed by atoms with van der Waals surface area (Å²) >= 11 is 0. The van der Waals surface area contributed by atoms with E-state index in [-0.39, 0.29) is 5.78 Å². The second kappa shape index (κ2) is 11.3. The van der Waals surface area contributed by atoms with E-state index in [1.165, 1.54) is 9.12 Å². The maximum absolute atomic E-state index is 13.2. The van der Waals surface area contributed by atoms with Crippen LogP contribution in [0.5, 0.6) is 0 Å². The summed E-state index contributed by atoms with van der Waals surface area (Å²) in [7, 11) is 1.17. The molecule has 0 aromatic heterocycles. The number of carbonyl (C=O) groups is 2. The molecule has 2 aromatic rings. The van der Waals surface area contributed by atoms with Crippen LogP contribution < -0.4 is 0 Å². The molecule has 5 heteroatoms. The second-order valence-electron chi connectivity index (χ2n) is 6.00. The van der Waals surface area contributed by atoms with Crippen molar-refractivity contribution in [2.75, 3.05) is 6.61 Å². The third kappa shape index (κ3) is 5.60. The average Bonchev–Trinajstić information content (AvgIpc) is 2.64. The van der Waals surface area contributed by atoms with Crippen molar-refractivity contribution in [2.45, 2.75) is 39.5 Å². The van der Waals surface area contributed by atoms with Gasteiger partial charge in [-0.05, 0) is 37.0 Å². The number of benzene rings is 2. The van der Waals surface area contributed by atoms with Gasteiger partial charge in [0.1, 0.15) is 5.92 Å². The Bertz CT molecular complexity index is 708. The Labute approximate surface area is 157 Å². The van der Waals surface area contributed by atoms with Gasteiger partial charge in [0.15, 0.2) is 5.78 Å². The first-order valence-electron chi connectivity index (χ1n) is 8.61. The molecule has 2 rings (SSSR count). The molecule has 0 aliphatic heterocycles. The lowest BCUT2D eigenvalue weighted by Gasteiger charge is -2.18. The van der Waals surface area contributed by atoms with E-state index < -0.39 is 11.9 Å². The van der Waals surface area contributed by atoms with Crippen LogP contribution in [0.4, 0.5) is 0 Å². The summed E-state index contributed by atoms with van der Waals surface area (Å²) in [6.07, 6.45) is 1.74. The van der Waals surface area contributed by atoms with Crippen molar-refractivity contribution in [1.29, 1.82) is 0 Å². The van der Waals surface area contributed by atoms with Crippen LogP contribution >= 0.6 is 9.12 Å². The van der Waals surface area contributed by atoms with Gasteiger partial charge in [0, 0.05) is 5.56 Å². The number of esters is 1. The van der Waals surface area contributed by atoms with Gasteiger partial charge in [0.25, 0.3) is 0 Å². The van der Waals surface area contributed by atoms with Gasteiger partial charge < -0.3 is 4.74 Å². The summed E-state index contributed by atoms with van der Waals surface area (Å²) in [5, 5.41) is 0. The van der Waals surface area contributed by atoms with Gasteiger partial charge in [0.2, 0.25) is 0 Å². The van der Waals surface area contributed by atoms with Crippen LogP contribution in [0.1, 0.15) is 52.7 Å². The molecule has 2 aromatic carbocycles. The Hall–Kier alpha value is -2.32. The molecule has 2 unspecified atom stereocenters. The van der Waals surface area contributed by atoms with Gasteiger partial charge in [-0.3, -0.25) is 9.59 Å². The van der Waals surface area contributed by atoms with E-state index in [0.29, 0.717) is 17.7 Å². The highest BCUT2D eigenvalue weighted by Gasteiger charge is 2.32. The fourth-order valence-electron chi connectivity index (χ4n) is 2.79. The van der Waals surface area contributed by atoms with Crippen LogP contribution in [-0.4, -0.2) is 18.4 Å². The molecule has 26 heavy (non-hydrogen) atoms. The number of hydrogen-bond donors (Lipinski definition) is 0. The number of aryl methyl sites for hydroxylation is 2. The van der Waals surface area contributed by atoms with Crippen LogP contribution in [0.15, 0.2) is 48.5 Å². The van der Waals surface area contributed by atoms with Crippen molar-refractivity contribution in [3.63, 3.8) is 0 Å². The topological polar surface area (TPSA) is 60.4 Å². The van der Waals surface area contributed by atoms with Crippen LogP contribution in [-0.2, 0) is 14.1 Å². The molecule has 0 aliphatic rings. The summed E-state index contributed by atoms with van der Waals surface area (Å²) in [4.78, 5) is 25.8. The SMILES string of the molecule is CCCCOC(=O)C(C(=O)c1c(C)cccc1C)c1ccccc1.O=[PH2+]. The van der Waals surface area contributed by atoms with E-state index in [4.69, 9.17) is 9.30 Å². The minimum atomic E-state index is -0.914. The number of ether oxygens (including phenoxy) is 1. The van der Waals surface area contributed by atoms with Crippen LogP contribution in [0.25, 0.3) is 0 Å². The van der Waals surface area contributed by atoms with Crippen molar-refractivity contribution < 1.29 is 18.9 Å². The molecule has 0 saturated heterocycles. The first kappa shape index (κ1) is 21.7. The zero-order valence-corrected chi connectivity index (χ0v) is 16.7. The van der Waals surface area contributed by atoms with Crippen molar-refractivity contribution in [3.05, 3.63) is 70.8 Å². The fourth-order valence-corrected chi connectivity index (χ4v) is 2.79. The Kier molecular flexibility index (Phi) is 9.46. The zero-order valence-electron chi connectivity index (χ0n) is 15.5. The number of hydrogen-bond acceptors (Lipinski definition) is 4. The van der Waals surface area contributed by atoms with E-state index in [1.807, 2.05) is 57.2 Å². The largest absolute Gasteiger partial charge is 0.465 e. The fraction of sp³-hybridized carbons (Fsp3) is 0.333. The summed E-state index contributed by atoms with van der Waals surface area (Å²) < 4.78 is 13.5. The number of rotatable bonds is 7. The zero-order chi connectivity index (χ0) is 19.5. The molecule has 0 aliphatic carbocycles. The molecule has 0 bridgehead atoms. The Balaban J connectivity index is 0.00000163. The smallest absolute Gasteiger partial charge is 0.321 e. The van der Waals surface area contributed by atoms with Crippen LogP contribution in [0, 0.1) is 13.8 Å². The number of unbranched alkanes of at least 4 members (excludes halogenated alkanes) is 1. The minimum Gasteiger partial charge on any atom is -0.465 e. The van der Waals surface area contributed by atoms with Gasteiger partial charge >= 0.3 is 15.1 Å². The molecule has 0 heterocycles. The Morgan fingerprint density at radius 3 is 2.08 bits per heavy atom. The first-order chi connectivity index (χ1) is 12.6. The average molecular weight is 373 g/mol. The first-order valence-corrected chi connectivity index (χ1v) is 9.09. The van der Waals surface area contributed by atoms with Gasteiger partial charge in [-0.1, -0.05) is 66.4 Å². The molecule has 138 valence electrons. The molecule has 0 N–H and O–H groups in total. The molecule has 0 fully saturated rings. The molecule has 4 nitrogen and oxygen atoms in total. The lowest BCUT2D eigenvalue weighted by Crippen LogP contribution is -2.26. The van der Waals surface area contributed by atoms with Crippen molar-refractivity contribution in [1.82, 2.24) is 0 Å². The van der Waals surface area contributed by atoms with E-state index in [2.05, 4.69) is 0 Å². The quantitative estimate of drug-likeness (QED) is 0.229. The molecule has 0 amide bonds. The molecule has 0 saturated carbocycles. The van der Waals surface area contributed by atoms with Gasteiger partial charge in [-0.2, -0.15) is 0 Å². The Morgan fingerprint density at radius 2 is 1.54 bits per heavy atom. The summed E-state index contributed by atoms with van der Waals surface area (Å²) in [5.74, 6) is -1.58. The summed E-state index contributed by atoms with van der Waals surface area (Å²) in [6, 6.07) is 14.8. The van der Waals surface area contributed by atoms with E-state index >= 15 is 0 Å². The monoisotopic (exact) mass is 373 g/mol. The molecular formula is C21H26O4P+. The minimum absolute atomic E-state index is 0.196. The highest BCUT2D eigenvalue weighted by Crippen LogP contribution is 2.26. The molecule has 0 spiro atoms. The number of Topliss-reactive ketones (excluding diaryl/α,β-unsaturated/α-hetero) is 1. The molecular weight excluding hydrogens is 347 g/mol. The maximum Gasteiger partial charge on any atom is 0.321 e. The molecule has 0 radical (unpaired) electrons.